The predicted octanol–water partition coefficient (Wildman–Crippen LogP) is 4.53. The van der Waals surface area contributed by atoms with E-state index in [0.717, 1.165) is 11.1 Å². The maximum atomic E-state index is 12.9. The molecule has 3 aromatic rings. The fourth-order valence-electron chi connectivity index (χ4n) is 3.18. The highest BCUT2D eigenvalue weighted by atomic mass is 35.5. The number of benzene rings is 2. The van der Waals surface area contributed by atoms with Crippen molar-refractivity contribution in [1.29, 1.82) is 0 Å². The van der Waals surface area contributed by atoms with Crippen LogP contribution in [0, 0.1) is 13.8 Å². The molecule has 7 nitrogen and oxygen atoms in total. The second-order valence-corrected chi connectivity index (χ2v) is 10.8. The normalized spacial score (nSPS) is 12.1. The van der Waals surface area contributed by atoms with Crippen LogP contribution in [0.25, 0.3) is 0 Å². The van der Waals surface area contributed by atoms with Gasteiger partial charge in [-0.3, -0.25) is 4.79 Å². The molecule has 0 saturated carbocycles. The monoisotopic (exact) mass is 474 g/mol. The maximum absolute atomic E-state index is 12.9. The highest BCUT2D eigenvalue weighted by Crippen LogP contribution is 2.24. The number of nitrogens with one attached hydrogen (secondary N) is 2. The van der Waals surface area contributed by atoms with Crippen LogP contribution in [0.1, 0.15) is 48.0 Å². The van der Waals surface area contributed by atoms with Gasteiger partial charge in [-0.1, -0.05) is 47.5 Å². The highest BCUT2D eigenvalue weighted by Gasteiger charge is 2.24. The van der Waals surface area contributed by atoms with Crippen molar-refractivity contribution < 1.29 is 13.2 Å². The first-order valence-corrected chi connectivity index (χ1v) is 12.0. The van der Waals surface area contributed by atoms with Crippen LogP contribution >= 0.6 is 11.6 Å². The topological polar surface area (TPSA) is 93.1 Å². The molecule has 9 heteroatoms. The molecule has 2 N–H and O–H groups in total. The lowest BCUT2D eigenvalue weighted by atomic mass is 10.1. The minimum atomic E-state index is -3.73. The van der Waals surface area contributed by atoms with Crippen molar-refractivity contribution in [2.75, 3.05) is 5.32 Å². The van der Waals surface area contributed by atoms with Crippen molar-refractivity contribution in [2.24, 2.45) is 0 Å². The Hall–Kier alpha value is -2.68. The molecule has 1 aromatic heterocycles. The lowest BCUT2D eigenvalue weighted by Gasteiger charge is -2.20. The fraction of sp³-hybridized carbons (Fsp3) is 0.304. The number of aryl methyl sites for hydroxylation is 2. The molecule has 32 heavy (non-hydrogen) atoms. The number of hydrogen-bond acceptors (Lipinski definition) is 4. The minimum Gasteiger partial charge on any atom is -0.322 e. The van der Waals surface area contributed by atoms with Gasteiger partial charge in [0.1, 0.15) is 5.15 Å². The summed E-state index contributed by atoms with van der Waals surface area (Å²) in [6, 6.07) is 14.1. The number of hydrogen-bond donors (Lipinski definition) is 2. The first kappa shape index (κ1) is 24.0. The molecular formula is C23H27ClN4O3S. The van der Waals surface area contributed by atoms with Crippen molar-refractivity contribution in [3.63, 3.8) is 0 Å². The third-order valence-corrected chi connectivity index (χ3v) is 6.73. The Morgan fingerprint density at radius 2 is 1.75 bits per heavy atom. The van der Waals surface area contributed by atoms with Crippen molar-refractivity contribution in [2.45, 2.75) is 51.6 Å². The summed E-state index contributed by atoms with van der Waals surface area (Å²) in [5.74, 6) is -0.457. The lowest BCUT2D eigenvalue weighted by Crippen LogP contribution is -2.40. The Morgan fingerprint density at radius 1 is 1.09 bits per heavy atom. The molecule has 0 spiro atoms. The molecule has 1 heterocycles. The lowest BCUT2D eigenvalue weighted by molar-refractivity contribution is 0.102. The Labute approximate surface area is 193 Å². The Balaban J connectivity index is 1.82. The summed E-state index contributed by atoms with van der Waals surface area (Å²) in [7, 11) is -3.73. The minimum absolute atomic E-state index is 0.0584. The van der Waals surface area contributed by atoms with E-state index >= 15 is 0 Å². The second kappa shape index (κ2) is 9.05. The van der Waals surface area contributed by atoms with Crippen molar-refractivity contribution in [3.8, 4) is 0 Å². The van der Waals surface area contributed by atoms with Gasteiger partial charge in [-0.05, 0) is 58.4 Å². The van der Waals surface area contributed by atoms with Gasteiger partial charge in [0.15, 0.2) is 0 Å². The summed E-state index contributed by atoms with van der Waals surface area (Å²) in [6.07, 6.45) is 0. The van der Waals surface area contributed by atoms with Gasteiger partial charge >= 0.3 is 0 Å². The Morgan fingerprint density at radius 3 is 2.38 bits per heavy atom. The van der Waals surface area contributed by atoms with E-state index in [9.17, 15) is 13.2 Å². The largest absolute Gasteiger partial charge is 0.322 e. The summed E-state index contributed by atoms with van der Waals surface area (Å²) in [6.45, 7) is 9.43. The molecule has 3 rings (SSSR count). The van der Waals surface area contributed by atoms with Crippen LogP contribution in [0.4, 0.5) is 5.69 Å². The van der Waals surface area contributed by atoms with Gasteiger partial charge in [0.2, 0.25) is 10.0 Å². The molecule has 0 aliphatic carbocycles. The first-order chi connectivity index (χ1) is 14.9. The fourth-order valence-corrected chi connectivity index (χ4v) is 4.96. The van der Waals surface area contributed by atoms with E-state index in [1.54, 1.807) is 44.5 Å². The SMILES string of the molecule is Cc1ccc(Cn2nc(C)c(C(=O)Nc3cccc(S(=O)(=O)NC(C)(C)C)c3)c2Cl)cc1. The van der Waals surface area contributed by atoms with E-state index in [1.807, 2.05) is 31.2 Å². The van der Waals surface area contributed by atoms with Gasteiger partial charge in [-0.2, -0.15) is 5.10 Å². The molecule has 2 aromatic carbocycles. The van der Waals surface area contributed by atoms with E-state index < -0.39 is 21.5 Å². The standard InChI is InChI=1S/C23H27ClN4O3S/c1-15-9-11-17(12-10-15)14-28-21(24)20(16(2)26-28)22(29)25-18-7-6-8-19(13-18)32(30,31)27-23(3,4)5/h6-13,27H,14H2,1-5H3,(H,25,29). The molecule has 0 atom stereocenters. The summed E-state index contributed by atoms with van der Waals surface area (Å²) in [5, 5.41) is 7.36. The summed E-state index contributed by atoms with van der Waals surface area (Å²) >= 11 is 6.48. The maximum Gasteiger partial charge on any atom is 0.260 e. The molecule has 0 aliphatic heterocycles. The number of anilines is 1. The molecule has 1 amide bonds. The Kier molecular flexibility index (Phi) is 6.78. The van der Waals surface area contributed by atoms with E-state index in [-0.39, 0.29) is 15.6 Å². The molecule has 0 unspecified atom stereocenters. The zero-order valence-electron chi connectivity index (χ0n) is 18.7. The van der Waals surface area contributed by atoms with Crippen LogP contribution in [0.15, 0.2) is 53.4 Å². The molecule has 170 valence electrons. The third kappa shape index (κ3) is 5.76. The number of aromatic nitrogens is 2. The van der Waals surface area contributed by atoms with Crippen LogP contribution in [0.5, 0.6) is 0 Å². The number of amides is 1. The van der Waals surface area contributed by atoms with Gasteiger partial charge in [0, 0.05) is 11.2 Å². The van der Waals surface area contributed by atoms with Crippen LogP contribution in [-0.2, 0) is 16.6 Å². The molecular weight excluding hydrogens is 448 g/mol. The van der Waals surface area contributed by atoms with Gasteiger partial charge in [-0.25, -0.2) is 17.8 Å². The van der Waals surface area contributed by atoms with Crippen LogP contribution in [0.2, 0.25) is 5.15 Å². The van der Waals surface area contributed by atoms with Gasteiger partial charge in [-0.15, -0.1) is 0 Å². The molecule has 0 aliphatic rings. The summed E-state index contributed by atoms with van der Waals surface area (Å²) < 4.78 is 29.4. The van der Waals surface area contributed by atoms with Crippen molar-refractivity contribution in [1.82, 2.24) is 14.5 Å². The number of sulfonamides is 1. The average molecular weight is 475 g/mol. The van der Waals surface area contributed by atoms with E-state index in [1.165, 1.54) is 12.1 Å². The van der Waals surface area contributed by atoms with Gasteiger partial charge in [0.05, 0.1) is 22.7 Å². The number of rotatable bonds is 6. The average Bonchev–Trinajstić information content (AvgIpc) is 2.95. The number of carbonyl (C=O) groups excluding carboxylic acids is 1. The van der Waals surface area contributed by atoms with E-state index in [0.29, 0.717) is 17.9 Å². The molecule has 0 saturated heterocycles. The van der Waals surface area contributed by atoms with Crippen LogP contribution in [-0.4, -0.2) is 29.6 Å². The molecule has 0 bridgehead atoms. The van der Waals surface area contributed by atoms with Crippen LogP contribution in [0.3, 0.4) is 0 Å². The summed E-state index contributed by atoms with van der Waals surface area (Å²) in [4.78, 5) is 13.0. The van der Waals surface area contributed by atoms with Gasteiger partial charge < -0.3 is 5.32 Å². The Bertz CT molecular complexity index is 1240. The smallest absolute Gasteiger partial charge is 0.260 e. The van der Waals surface area contributed by atoms with Crippen molar-refractivity contribution >= 4 is 33.2 Å². The second-order valence-electron chi connectivity index (χ2n) is 8.73. The van der Waals surface area contributed by atoms with Crippen molar-refractivity contribution in [3.05, 3.63) is 76.1 Å². The third-order valence-electron chi connectivity index (χ3n) is 4.59. The zero-order chi connectivity index (χ0) is 23.7. The van der Waals surface area contributed by atoms with Gasteiger partial charge in [0.25, 0.3) is 5.91 Å². The number of carbonyl (C=O) groups is 1. The van der Waals surface area contributed by atoms with E-state index in [2.05, 4.69) is 15.1 Å². The number of halogens is 1. The van der Waals surface area contributed by atoms with Crippen LogP contribution < -0.4 is 10.0 Å². The zero-order valence-corrected chi connectivity index (χ0v) is 20.3. The first-order valence-electron chi connectivity index (χ1n) is 10.1. The number of nitrogens with zero attached hydrogens (tertiary/aromatic N) is 2. The summed E-state index contributed by atoms with van der Waals surface area (Å²) in [5.41, 5.74) is 2.61. The van der Waals surface area contributed by atoms with E-state index in [4.69, 9.17) is 11.6 Å². The predicted molar refractivity (Wildman–Crippen MR) is 127 cm³/mol. The molecule has 0 fully saturated rings. The molecule has 0 radical (unpaired) electrons. The quantitative estimate of drug-likeness (QED) is 0.548. The highest BCUT2D eigenvalue weighted by molar-refractivity contribution is 7.89.